The smallest absolute Gasteiger partial charge is 0.0893 e. The van der Waals surface area contributed by atoms with Crippen molar-refractivity contribution in [3.8, 4) is 22.5 Å². The molecule has 0 spiro atoms. The van der Waals surface area contributed by atoms with Gasteiger partial charge < -0.3 is 0 Å². The van der Waals surface area contributed by atoms with Gasteiger partial charge in [0.15, 0.2) is 0 Å². The Morgan fingerprint density at radius 2 is 1.61 bits per heavy atom. The normalized spacial score (nSPS) is 10.8. The highest BCUT2D eigenvalue weighted by molar-refractivity contribution is 5.86. The Kier molecular flexibility index (Phi) is 3.35. The molecular formula is C21H16N2. The monoisotopic (exact) mass is 296 g/mol. The zero-order valence-corrected chi connectivity index (χ0v) is 12.9. The summed E-state index contributed by atoms with van der Waals surface area (Å²) in [5.41, 5.74) is 6.52. The van der Waals surface area contributed by atoms with Crippen LogP contribution in [0.4, 0.5) is 0 Å². The van der Waals surface area contributed by atoms with Crippen molar-refractivity contribution < 1.29 is 0 Å². The first-order valence-corrected chi connectivity index (χ1v) is 7.69. The fraction of sp³-hybridized carbons (Fsp3) is 0.0476. The van der Waals surface area contributed by atoms with Crippen LogP contribution in [0, 0.1) is 6.92 Å². The zero-order valence-electron chi connectivity index (χ0n) is 12.9. The third kappa shape index (κ3) is 2.71. The summed E-state index contributed by atoms with van der Waals surface area (Å²) in [5.74, 6) is 0. The van der Waals surface area contributed by atoms with Gasteiger partial charge in [-0.05, 0) is 48.4 Å². The number of pyridine rings is 2. The van der Waals surface area contributed by atoms with Crippen LogP contribution in [0.1, 0.15) is 5.56 Å². The number of benzene rings is 2. The second-order valence-electron chi connectivity index (χ2n) is 5.69. The third-order valence-corrected chi connectivity index (χ3v) is 3.97. The molecule has 2 nitrogen and oxygen atoms in total. The average Bonchev–Trinajstić information content (AvgIpc) is 2.61. The Labute approximate surface area is 135 Å². The van der Waals surface area contributed by atoms with Crippen LogP contribution in [-0.2, 0) is 0 Å². The minimum Gasteiger partial charge on any atom is -0.255 e. The summed E-state index contributed by atoms with van der Waals surface area (Å²) in [4.78, 5) is 9.10. The van der Waals surface area contributed by atoms with E-state index < -0.39 is 0 Å². The summed E-state index contributed by atoms with van der Waals surface area (Å²) in [6, 6.07) is 25.0. The molecule has 0 atom stereocenters. The predicted octanol–water partition coefficient (Wildman–Crippen LogP) is 5.27. The van der Waals surface area contributed by atoms with Gasteiger partial charge >= 0.3 is 0 Å². The molecule has 0 radical (unpaired) electrons. The maximum Gasteiger partial charge on any atom is 0.0893 e. The van der Waals surface area contributed by atoms with E-state index in [4.69, 9.17) is 4.98 Å². The van der Waals surface area contributed by atoms with Crippen molar-refractivity contribution in [2.75, 3.05) is 0 Å². The van der Waals surface area contributed by atoms with Gasteiger partial charge in [-0.15, -0.1) is 0 Å². The summed E-state index contributed by atoms with van der Waals surface area (Å²) in [6.07, 6.45) is 1.79. The third-order valence-electron chi connectivity index (χ3n) is 3.97. The van der Waals surface area contributed by atoms with Crippen molar-refractivity contribution >= 4 is 10.9 Å². The molecule has 110 valence electrons. The van der Waals surface area contributed by atoms with Crippen LogP contribution in [0.15, 0.2) is 79.0 Å². The van der Waals surface area contributed by atoms with E-state index in [1.165, 1.54) is 16.7 Å². The lowest BCUT2D eigenvalue weighted by atomic mass is 10.0. The first-order chi connectivity index (χ1) is 11.3. The fourth-order valence-electron chi connectivity index (χ4n) is 2.79. The summed E-state index contributed by atoms with van der Waals surface area (Å²) >= 11 is 0. The van der Waals surface area contributed by atoms with Gasteiger partial charge in [-0.3, -0.25) is 4.98 Å². The molecule has 0 aliphatic rings. The lowest BCUT2D eigenvalue weighted by Gasteiger charge is -2.06. The van der Waals surface area contributed by atoms with E-state index in [-0.39, 0.29) is 0 Å². The largest absolute Gasteiger partial charge is 0.255 e. The molecule has 0 fully saturated rings. The lowest BCUT2D eigenvalue weighted by Crippen LogP contribution is -1.88. The topological polar surface area (TPSA) is 25.8 Å². The minimum absolute atomic E-state index is 0.900. The summed E-state index contributed by atoms with van der Waals surface area (Å²) < 4.78 is 0. The second-order valence-corrected chi connectivity index (χ2v) is 5.69. The van der Waals surface area contributed by atoms with Crippen molar-refractivity contribution in [1.29, 1.82) is 0 Å². The van der Waals surface area contributed by atoms with Crippen LogP contribution in [-0.4, -0.2) is 9.97 Å². The van der Waals surface area contributed by atoms with Gasteiger partial charge in [-0.1, -0.05) is 48.0 Å². The van der Waals surface area contributed by atoms with E-state index in [1.807, 2.05) is 24.3 Å². The van der Waals surface area contributed by atoms with Crippen LogP contribution in [0.25, 0.3) is 33.4 Å². The van der Waals surface area contributed by atoms with Gasteiger partial charge in [-0.2, -0.15) is 0 Å². The van der Waals surface area contributed by atoms with E-state index in [2.05, 4.69) is 60.4 Å². The van der Waals surface area contributed by atoms with Crippen molar-refractivity contribution in [3.05, 3.63) is 84.6 Å². The molecular weight excluding hydrogens is 280 g/mol. The van der Waals surface area contributed by atoms with Gasteiger partial charge in [-0.25, -0.2) is 4.98 Å². The SMILES string of the molecule is Cc1cccc(-c2ccc3nc(-c4ccccn4)ccc3c2)c1. The maximum atomic E-state index is 4.74. The van der Waals surface area contributed by atoms with E-state index in [1.54, 1.807) is 6.20 Å². The van der Waals surface area contributed by atoms with Crippen LogP contribution in [0.5, 0.6) is 0 Å². The average molecular weight is 296 g/mol. The maximum absolute atomic E-state index is 4.74. The standard InChI is InChI=1S/C21H16N2/c1-15-5-4-6-16(13-15)17-8-10-19-18(14-17)9-11-21(23-19)20-7-2-3-12-22-20/h2-14H,1H3. The Morgan fingerprint density at radius 1 is 0.696 bits per heavy atom. The first-order valence-electron chi connectivity index (χ1n) is 7.69. The van der Waals surface area contributed by atoms with Crippen molar-refractivity contribution in [2.45, 2.75) is 6.92 Å². The molecule has 0 amide bonds. The van der Waals surface area contributed by atoms with Gasteiger partial charge in [0, 0.05) is 11.6 Å². The second kappa shape index (κ2) is 5.65. The molecule has 23 heavy (non-hydrogen) atoms. The number of aryl methyl sites for hydroxylation is 1. The highest BCUT2D eigenvalue weighted by Crippen LogP contribution is 2.26. The Bertz CT molecular complexity index is 975. The summed E-state index contributed by atoms with van der Waals surface area (Å²) in [5, 5.41) is 1.14. The number of fused-ring (bicyclic) bond motifs is 1. The number of hydrogen-bond acceptors (Lipinski definition) is 2. The van der Waals surface area contributed by atoms with Crippen LogP contribution in [0.2, 0.25) is 0 Å². The number of hydrogen-bond donors (Lipinski definition) is 0. The summed E-state index contributed by atoms with van der Waals surface area (Å²) in [7, 11) is 0. The molecule has 0 aliphatic carbocycles. The van der Waals surface area contributed by atoms with Crippen molar-refractivity contribution in [2.24, 2.45) is 0 Å². The predicted molar refractivity (Wildman–Crippen MR) is 95.1 cm³/mol. The van der Waals surface area contributed by atoms with Crippen molar-refractivity contribution in [1.82, 2.24) is 9.97 Å². The molecule has 2 heterocycles. The molecule has 4 rings (SSSR count). The number of rotatable bonds is 2. The molecule has 0 aliphatic heterocycles. The van der Waals surface area contributed by atoms with Gasteiger partial charge in [0.25, 0.3) is 0 Å². The molecule has 0 bridgehead atoms. The molecule has 2 aromatic heterocycles. The highest BCUT2D eigenvalue weighted by Gasteiger charge is 2.04. The quantitative estimate of drug-likeness (QED) is 0.503. The van der Waals surface area contributed by atoms with E-state index in [0.29, 0.717) is 0 Å². The Hall–Kier alpha value is -3.00. The molecule has 4 aromatic rings. The fourth-order valence-corrected chi connectivity index (χ4v) is 2.79. The molecule has 0 saturated heterocycles. The highest BCUT2D eigenvalue weighted by atomic mass is 14.8. The van der Waals surface area contributed by atoms with Gasteiger partial charge in [0.1, 0.15) is 0 Å². The van der Waals surface area contributed by atoms with Gasteiger partial charge in [0.2, 0.25) is 0 Å². The van der Waals surface area contributed by atoms with Crippen LogP contribution in [0.3, 0.4) is 0 Å². The molecule has 0 N–H and O–H groups in total. The van der Waals surface area contributed by atoms with E-state index in [0.717, 1.165) is 22.3 Å². The van der Waals surface area contributed by atoms with Crippen molar-refractivity contribution in [3.63, 3.8) is 0 Å². The number of aromatic nitrogens is 2. The molecule has 0 unspecified atom stereocenters. The van der Waals surface area contributed by atoms with Crippen LogP contribution >= 0.6 is 0 Å². The van der Waals surface area contributed by atoms with Crippen LogP contribution < -0.4 is 0 Å². The first kappa shape index (κ1) is 13.6. The summed E-state index contributed by atoms with van der Waals surface area (Å²) in [6.45, 7) is 2.12. The van der Waals surface area contributed by atoms with E-state index in [9.17, 15) is 0 Å². The lowest BCUT2D eigenvalue weighted by molar-refractivity contribution is 1.28. The Balaban J connectivity index is 1.79. The molecule has 2 aromatic carbocycles. The molecule has 0 saturated carbocycles. The minimum atomic E-state index is 0.900. The molecule has 2 heteroatoms. The number of nitrogens with zero attached hydrogens (tertiary/aromatic N) is 2. The zero-order chi connectivity index (χ0) is 15.6. The van der Waals surface area contributed by atoms with Gasteiger partial charge in [0.05, 0.1) is 16.9 Å². The Morgan fingerprint density at radius 3 is 2.43 bits per heavy atom. The van der Waals surface area contributed by atoms with E-state index >= 15 is 0 Å².